The van der Waals surface area contributed by atoms with E-state index in [1.807, 2.05) is 18.2 Å². The second kappa shape index (κ2) is 11.4. The van der Waals surface area contributed by atoms with Crippen molar-refractivity contribution in [3.63, 3.8) is 0 Å². The summed E-state index contributed by atoms with van der Waals surface area (Å²) in [6.45, 7) is 6.09. The van der Waals surface area contributed by atoms with E-state index in [0.29, 0.717) is 25.5 Å². The topological polar surface area (TPSA) is 86.5 Å². The van der Waals surface area contributed by atoms with E-state index in [9.17, 15) is 9.90 Å². The first-order valence-corrected chi connectivity index (χ1v) is 14.3. The summed E-state index contributed by atoms with van der Waals surface area (Å²) in [6.07, 6.45) is 1.72. The van der Waals surface area contributed by atoms with Crippen molar-refractivity contribution in [2.45, 2.75) is 45.9 Å². The van der Waals surface area contributed by atoms with Crippen LogP contribution in [0.15, 0.2) is 72.8 Å². The quantitative estimate of drug-likeness (QED) is 0.225. The molecule has 0 radical (unpaired) electrons. The Morgan fingerprint density at radius 3 is 2.59 bits per heavy atom. The van der Waals surface area contributed by atoms with Crippen LogP contribution in [0, 0.1) is 13.8 Å². The van der Waals surface area contributed by atoms with E-state index in [1.54, 1.807) is 18.2 Å². The Balaban J connectivity index is 1.23. The Labute approximate surface area is 241 Å². The number of pyridine rings is 1. The predicted molar refractivity (Wildman–Crippen MR) is 163 cm³/mol. The van der Waals surface area contributed by atoms with Crippen molar-refractivity contribution in [1.82, 2.24) is 14.5 Å². The van der Waals surface area contributed by atoms with Crippen LogP contribution in [0.25, 0.3) is 22.3 Å². The highest BCUT2D eigenvalue weighted by Gasteiger charge is 2.22. The molecule has 2 atom stereocenters. The van der Waals surface area contributed by atoms with Crippen molar-refractivity contribution < 1.29 is 19.4 Å². The van der Waals surface area contributed by atoms with Gasteiger partial charge in [0.15, 0.2) is 0 Å². The molecule has 2 unspecified atom stereocenters. The average molecular weight is 566 g/mol. The van der Waals surface area contributed by atoms with Crippen molar-refractivity contribution >= 4 is 31.5 Å². The molecule has 8 heteroatoms. The van der Waals surface area contributed by atoms with Crippen LogP contribution < -0.4 is 10.0 Å². The van der Waals surface area contributed by atoms with Crippen molar-refractivity contribution in [1.29, 1.82) is 0 Å². The highest BCUT2D eigenvalue weighted by molar-refractivity contribution is 7.28. The molecule has 1 aliphatic heterocycles. The third kappa shape index (κ3) is 5.88. The van der Waals surface area contributed by atoms with Gasteiger partial charge in [-0.15, -0.1) is 9.24 Å². The van der Waals surface area contributed by atoms with E-state index < -0.39 is 5.97 Å². The molecule has 208 valence electrons. The van der Waals surface area contributed by atoms with Crippen molar-refractivity contribution in [3.05, 3.63) is 106 Å². The lowest BCUT2D eigenvalue weighted by molar-refractivity contribution is -0.0589. The first kappa shape index (κ1) is 27.1. The van der Waals surface area contributed by atoms with E-state index in [1.165, 1.54) is 11.1 Å². The summed E-state index contributed by atoms with van der Waals surface area (Å²) in [7, 11) is 2.83. The maximum Gasteiger partial charge on any atom is 0.335 e. The van der Waals surface area contributed by atoms with Crippen molar-refractivity contribution in [2.75, 3.05) is 6.61 Å². The molecule has 1 N–H and O–H groups in total. The molecular weight excluding hydrogens is 533 g/mol. The van der Waals surface area contributed by atoms with Gasteiger partial charge in [-0.3, -0.25) is 0 Å². The number of aryl methyl sites for hydroxylation is 2. The number of rotatable bonds is 9. The van der Waals surface area contributed by atoms with Crippen LogP contribution in [0.4, 0.5) is 0 Å². The monoisotopic (exact) mass is 565 g/mol. The number of carboxylic acids is 1. The summed E-state index contributed by atoms with van der Waals surface area (Å²) in [5.41, 5.74) is 8.45. The Morgan fingerprint density at radius 2 is 1.85 bits per heavy atom. The molecule has 6 rings (SSSR count). The number of benzene rings is 3. The smallest absolute Gasteiger partial charge is 0.335 e. The molecule has 2 aromatic heterocycles. The van der Waals surface area contributed by atoms with Crippen LogP contribution in [0.2, 0.25) is 0 Å². The third-order valence-electron chi connectivity index (χ3n) is 7.69. The van der Waals surface area contributed by atoms with Gasteiger partial charge >= 0.3 is 5.97 Å². The van der Waals surface area contributed by atoms with E-state index >= 15 is 0 Å². The number of nitrogens with zero attached hydrogens (tertiary/aromatic N) is 3. The molecule has 0 bridgehead atoms. The minimum Gasteiger partial charge on any atom is -0.478 e. The summed E-state index contributed by atoms with van der Waals surface area (Å²) in [5, 5.41) is 10.5. The molecule has 0 saturated carbocycles. The first-order chi connectivity index (χ1) is 19.8. The van der Waals surface area contributed by atoms with E-state index in [4.69, 9.17) is 19.4 Å². The molecule has 0 aliphatic carbocycles. The van der Waals surface area contributed by atoms with E-state index in [0.717, 1.165) is 57.6 Å². The number of aromatic carboxylic acids is 1. The minimum atomic E-state index is -0.947. The Hall–Kier alpha value is -4.06. The van der Waals surface area contributed by atoms with Crippen molar-refractivity contribution in [2.24, 2.45) is 0 Å². The van der Waals surface area contributed by atoms with E-state index in [-0.39, 0.29) is 11.7 Å². The SMILES string of the molecule is Cc1ccc(COc2cccc(-c3ccc(Cc4nc5ccc(C(=O)O)cc5n4CC4CCO4)cc3P)n2)cc1C. The van der Waals surface area contributed by atoms with Gasteiger partial charge in [0.1, 0.15) is 12.4 Å². The van der Waals surface area contributed by atoms with Crippen LogP contribution in [0.3, 0.4) is 0 Å². The first-order valence-electron chi connectivity index (χ1n) is 13.7. The van der Waals surface area contributed by atoms with Gasteiger partial charge in [-0.25, -0.2) is 14.8 Å². The van der Waals surface area contributed by atoms with Gasteiger partial charge in [0.05, 0.1) is 34.9 Å². The number of aromatic nitrogens is 3. The molecule has 5 aromatic rings. The molecule has 1 aliphatic rings. The maximum absolute atomic E-state index is 11.6. The number of ether oxygens (including phenoxy) is 2. The number of fused-ring (bicyclic) bond motifs is 1. The second-order valence-electron chi connectivity index (χ2n) is 10.6. The molecular formula is C33H32N3O4P. The third-order valence-corrected chi connectivity index (χ3v) is 8.17. The lowest BCUT2D eigenvalue weighted by atomic mass is 10.1. The van der Waals surface area contributed by atoms with Crippen LogP contribution in [-0.4, -0.2) is 38.3 Å². The Bertz CT molecular complexity index is 1760. The summed E-state index contributed by atoms with van der Waals surface area (Å²) < 4.78 is 13.8. The van der Waals surface area contributed by atoms with Crippen LogP contribution in [0.1, 0.15) is 44.9 Å². The average Bonchev–Trinajstić information content (AvgIpc) is 3.27. The molecule has 41 heavy (non-hydrogen) atoms. The fourth-order valence-corrected chi connectivity index (χ4v) is 5.57. The zero-order chi connectivity index (χ0) is 28.5. The molecule has 0 spiro atoms. The normalized spacial score (nSPS) is 14.7. The molecule has 7 nitrogen and oxygen atoms in total. The number of hydrogen-bond acceptors (Lipinski definition) is 5. The fraction of sp³-hybridized carbons (Fsp3) is 0.242. The summed E-state index contributed by atoms with van der Waals surface area (Å²) >= 11 is 0. The zero-order valence-electron chi connectivity index (χ0n) is 23.1. The summed E-state index contributed by atoms with van der Waals surface area (Å²) in [6, 6.07) is 23.6. The summed E-state index contributed by atoms with van der Waals surface area (Å²) in [4.78, 5) is 21.3. The van der Waals surface area contributed by atoms with Crippen LogP contribution in [-0.2, 0) is 24.3 Å². The van der Waals surface area contributed by atoms with Crippen LogP contribution >= 0.6 is 9.24 Å². The highest BCUT2D eigenvalue weighted by Crippen LogP contribution is 2.26. The van der Waals surface area contributed by atoms with Gasteiger partial charge in [-0.05, 0) is 72.1 Å². The number of carboxylic acid groups (broad SMARTS) is 1. The second-order valence-corrected chi connectivity index (χ2v) is 11.2. The zero-order valence-corrected chi connectivity index (χ0v) is 24.3. The minimum absolute atomic E-state index is 0.120. The Kier molecular flexibility index (Phi) is 7.57. The molecule has 1 fully saturated rings. The van der Waals surface area contributed by atoms with Gasteiger partial charge in [0.25, 0.3) is 0 Å². The fourth-order valence-electron chi connectivity index (χ4n) is 5.11. The number of carbonyl (C=O) groups is 1. The Morgan fingerprint density at radius 1 is 1.02 bits per heavy atom. The van der Waals surface area contributed by atoms with Gasteiger partial charge in [-0.2, -0.15) is 0 Å². The largest absolute Gasteiger partial charge is 0.478 e. The number of hydrogen-bond donors (Lipinski definition) is 1. The van der Waals surface area contributed by atoms with Gasteiger partial charge in [0.2, 0.25) is 5.88 Å². The standard InChI is InChI=1S/C33H32N3O4P/c1-20-6-7-23(14-21(20)2)19-40-32-5-3-4-27(35-32)26-10-8-22(15-30(26)41)16-31-34-28-11-9-24(33(37)38)17-29(28)36(31)18-25-12-13-39-25/h3-11,14-15,17,25H,12-13,16,18-19,41H2,1-2H3,(H,37,38). The van der Waals surface area contributed by atoms with Gasteiger partial charge < -0.3 is 19.1 Å². The van der Waals surface area contributed by atoms with Crippen LogP contribution in [0.5, 0.6) is 5.88 Å². The lowest BCUT2D eigenvalue weighted by Gasteiger charge is -2.27. The molecule has 3 heterocycles. The maximum atomic E-state index is 11.6. The van der Waals surface area contributed by atoms with Gasteiger partial charge in [-0.1, -0.05) is 42.5 Å². The molecule has 3 aromatic carbocycles. The lowest BCUT2D eigenvalue weighted by Crippen LogP contribution is -2.31. The summed E-state index contributed by atoms with van der Waals surface area (Å²) in [5.74, 6) is 0.523. The molecule has 1 saturated heterocycles. The predicted octanol–water partition coefficient (Wildman–Crippen LogP) is 5.87. The number of imidazole rings is 1. The van der Waals surface area contributed by atoms with Gasteiger partial charge in [0, 0.05) is 24.7 Å². The highest BCUT2D eigenvalue weighted by atomic mass is 31.0. The van der Waals surface area contributed by atoms with Crippen molar-refractivity contribution in [3.8, 4) is 17.1 Å². The molecule has 0 amide bonds. The van der Waals surface area contributed by atoms with E-state index in [2.05, 4.69) is 64.1 Å².